The minimum Gasteiger partial charge on any atom is -0.493 e. The topological polar surface area (TPSA) is 113 Å². The van der Waals surface area contributed by atoms with Gasteiger partial charge in [0.1, 0.15) is 18.3 Å². The fraction of sp³-hybridized carbons (Fsp3) is 0.500. The van der Waals surface area contributed by atoms with Crippen molar-refractivity contribution in [3.05, 3.63) is 23.8 Å². The van der Waals surface area contributed by atoms with Gasteiger partial charge in [-0.05, 0) is 43.0 Å². The first-order chi connectivity index (χ1) is 11.9. The molecule has 1 atom stereocenters. The maximum absolute atomic E-state index is 12.6. The molecule has 25 heavy (non-hydrogen) atoms. The van der Waals surface area contributed by atoms with E-state index in [0.29, 0.717) is 44.6 Å². The first kappa shape index (κ1) is 17.7. The Balaban J connectivity index is 1.79. The van der Waals surface area contributed by atoms with Crippen molar-refractivity contribution in [3.63, 3.8) is 0 Å². The average molecular weight is 368 g/mol. The summed E-state index contributed by atoms with van der Waals surface area (Å²) >= 11 is 0. The Morgan fingerprint density at radius 2 is 2.16 bits per heavy atom. The number of benzene rings is 1. The highest BCUT2D eigenvalue weighted by atomic mass is 32.2. The standard InChI is InChI=1S/C16H20N2O6S/c19-15(20)10-18-7-2-1-3-13(16(18)21)17-25(22,23)12-4-5-14-11(9-12)6-8-24-14/h4-5,9,13,17H,1-3,6-8,10H2,(H,19,20)/t13-/m0/s1. The van der Waals surface area contributed by atoms with Crippen molar-refractivity contribution < 1.29 is 27.9 Å². The Bertz CT molecular complexity index is 792. The van der Waals surface area contributed by atoms with Crippen LogP contribution in [0, 0.1) is 0 Å². The van der Waals surface area contributed by atoms with Crippen LogP contribution >= 0.6 is 0 Å². The molecule has 1 fully saturated rings. The van der Waals surface area contributed by atoms with Crippen molar-refractivity contribution in [3.8, 4) is 5.75 Å². The van der Waals surface area contributed by atoms with Crippen molar-refractivity contribution in [2.75, 3.05) is 19.7 Å². The number of sulfonamides is 1. The van der Waals surface area contributed by atoms with Gasteiger partial charge in [-0.2, -0.15) is 4.72 Å². The third kappa shape index (κ3) is 3.93. The van der Waals surface area contributed by atoms with Gasteiger partial charge in [0.05, 0.1) is 11.5 Å². The number of fused-ring (bicyclic) bond motifs is 1. The zero-order valence-corrected chi connectivity index (χ0v) is 14.4. The number of ether oxygens (including phenoxy) is 1. The Morgan fingerprint density at radius 1 is 1.36 bits per heavy atom. The SMILES string of the molecule is O=C(O)CN1CCCC[C@H](NS(=O)(=O)c2ccc3c(c2)CCO3)C1=O. The number of carboxylic acid groups (broad SMARTS) is 1. The maximum Gasteiger partial charge on any atom is 0.323 e. The molecule has 0 unspecified atom stereocenters. The summed E-state index contributed by atoms with van der Waals surface area (Å²) in [7, 11) is -3.88. The van der Waals surface area contributed by atoms with Gasteiger partial charge in [-0.25, -0.2) is 8.42 Å². The zero-order chi connectivity index (χ0) is 18.0. The molecule has 2 heterocycles. The van der Waals surface area contributed by atoms with Gasteiger partial charge in [-0.15, -0.1) is 0 Å². The predicted octanol–water partition coefficient (Wildman–Crippen LogP) is 0.365. The van der Waals surface area contributed by atoms with Crippen molar-refractivity contribution in [2.24, 2.45) is 0 Å². The molecule has 0 bridgehead atoms. The van der Waals surface area contributed by atoms with Gasteiger partial charge in [-0.3, -0.25) is 9.59 Å². The van der Waals surface area contributed by atoms with Crippen LogP contribution in [0.4, 0.5) is 0 Å². The van der Waals surface area contributed by atoms with Crippen LogP contribution in [0.1, 0.15) is 24.8 Å². The summed E-state index contributed by atoms with van der Waals surface area (Å²) in [6.07, 6.45) is 2.29. The van der Waals surface area contributed by atoms with Gasteiger partial charge in [0.25, 0.3) is 0 Å². The summed E-state index contributed by atoms with van der Waals surface area (Å²) in [4.78, 5) is 24.7. The highest BCUT2D eigenvalue weighted by Gasteiger charge is 2.32. The second-order valence-corrected chi connectivity index (χ2v) is 7.91. The molecule has 8 nitrogen and oxygen atoms in total. The number of nitrogens with one attached hydrogen (secondary N) is 1. The van der Waals surface area contributed by atoms with E-state index in [2.05, 4.69) is 4.72 Å². The van der Waals surface area contributed by atoms with Crippen LogP contribution in [-0.2, 0) is 26.0 Å². The second kappa shape index (κ2) is 7.01. The Hall–Kier alpha value is -2.13. The largest absolute Gasteiger partial charge is 0.493 e. The quantitative estimate of drug-likeness (QED) is 0.776. The molecule has 1 saturated heterocycles. The van der Waals surface area contributed by atoms with Gasteiger partial charge in [0, 0.05) is 13.0 Å². The van der Waals surface area contributed by atoms with E-state index in [1.807, 2.05) is 0 Å². The van der Waals surface area contributed by atoms with Gasteiger partial charge in [-0.1, -0.05) is 0 Å². The van der Waals surface area contributed by atoms with E-state index < -0.39 is 34.5 Å². The summed E-state index contributed by atoms with van der Waals surface area (Å²) in [5, 5.41) is 8.92. The van der Waals surface area contributed by atoms with E-state index in [-0.39, 0.29) is 4.90 Å². The number of hydrogen-bond acceptors (Lipinski definition) is 5. The minimum absolute atomic E-state index is 0.0820. The van der Waals surface area contributed by atoms with E-state index in [9.17, 15) is 18.0 Å². The molecule has 2 N–H and O–H groups in total. The fourth-order valence-corrected chi connectivity index (χ4v) is 4.39. The van der Waals surface area contributed by atoms with Crippen LogP contribution in [0.5, 0.6) is 5.75 Å². The summed E-state index contributed by atoms with van der Waals surface area (Å²) in [5.74, 6) is -0.930. The highest BCUT2D eigenvalue weighted by Crippen LogP contribution is 2.28. The van der Waals surface area contributed by atoms with E-state index in [0.717, 1.165) is 5.56 Å². The molecular weight excluding hydrogens is 348 g/mol. The van der Waals surface area contributed by atoms with Gasteiger partial charge in [0.15, 0.2) is 0 Å². The van der Waals surface area contributed by atoms with Crippen molar-refractivity contribution >= 4 is 21.9 Å². The molecule has 1 aromatic carbocycles. The average Bonchev–Trinajstić information content (AvgIpc) is 2.96. The number of hydrogen-bond donors (Lipinski definition) is 2. The van der Waals surface area contributed by atoms with Gasteiger partial charge in [0.2, 0.25) is 15.9 Å². The maximum atomic E-state index is 12.6. The number of rotatable bonds is 5. The lowest BCUT2D eigenvalue weighted by molar-refractivity contribution is -0.144. The molecule has 0 aliphatic carbocycles. The minimum atomic E-state index is -3.88. The van der Waals surface area contributed by atoms with Crippen LogP contribution in [-0.4, -0.2) is 56.0 Å². The lowest BCUT2D eigenvalue weighted by atomic mass is 10.1. The highest BCUT2D eigenvalue weighted by molar-refractivity contribution is 7.89. The lowest BCUT2D eigenvalue weighted by Crippen LogP contribution is -2.48. The van der Waals surface area contributed by atoms with E-state index in [4.69, 9.17) is 9.84 Å². The molecule has 2 aliphatic rings. The summed E-state index contributed by atoms with van der Waals surface area (Å²) in [6.45, 7) is 0.421. The number of likely N-dealkylation sites (tertiary alicyclic amines) is 1. The summed E-state index contributed by atoms with van der Waals surface area (Å²) in [5.41, 5.74) is 0.822. The van der Waals surface area contributed by atoms with E-state index >= 15 is 0 Å². The number of aliphatic carboxylic acids is 1. The second-order valence-electron chi connectivity index (χ2n) is 6.19. The number of carbonyl (C=O) groups is 2. The van der Waals surface area contributed by atoms with Crippen LogP contribution in [0.2, 0.25) is 0 Å². The number of amides is 1. The van der Waals surface area contributed by atoms with Crippen molar-refractivity contribution in [1.29, 1.82) is 0 Å². The third-order valence-corrected chi connectivity index (χ3v) is 5.84. The normalized spacial score (nSPS) is 20.7. The molecular formula is C16H20N2O6S. The molecule has 136 valence electrons. The molecule has 3 rings (SSSR count). The van der Waals surface area contributed by atoms with Crippen molar-refractivity contribution in [2.45, 2.75) is 36.6 Å². The first-order valence-corrected chi connectivity index (χ1v) is 9.64. The van der Waals surface area contributed by atoms with Crippen LogP contribution in [0.15, 0.2) is 23.1 Å². The Morgan fingerprint density at radius 3 is 2.92 bits per heavy atom. The first-order valence-electron chi connectivity index (χ1n) is 8.15. The molecule has 9 heteroatoms. The fourth-order valence-electron chi connectivity index (χ4n) is 3.12. The lowest BCUT2D eigenvalue weighted by Gasteiger charge is -2.23. The molecule has 0 saturated carbocycles. The van der Waals surface area contributed by atoms with E-state index in [1.165, 1.54) is 11.0 Å². The van der Waals surface area contributed by atoms with E-state index in [1.54, 1.807) is 12.1 Å². The van der Waals surface area contributed by atoms with Crippen molar-refractivity contribution in [1.82, 2.24) is 9.62 Å². The van der Waals surface area contributed by atoms with Gasteiger partial charge >= 0.3 is 5.97 Å². The number of carboxylic acids is 1. The molecule has 0 aromatic heterocycles. The third-order valence-electron chi connectivity index (χ3n) is 4.38. The van der Waals surface area contributed by atoms with Crippen LogP contribution in [0.3, 0.4) is 0 Å². The Kier molecular flexibility index (Phi) is 4.96. The van der Waals surface area contributed by atoms with Gasteiger partial charge < -0.3 is 14.7 Å². The number of nitrogens with zero attached hydrogens (tertiary/aromatic N) is 1. The number of carbonyl (C=O) groups excluding carboxylic acids is 1. The molecule has 0 spiro atoms. The molecule has 1 amide bonds. The predicted molar refractivity (Wildman–Crippen MR) is 87.8 cm³/mol. The smallest absolute Gasteiger partial charge is 0.323 e. The molecule has 1 aromatic rings. The monoisotopic (exact) mass is 368 g/mol. The van der Waals surface area contributed by atoms with Crippen LogP contribution < -0.4 is 9.46 Å². The Labute approximate surface area is 145 Å². The summed E-state index contributed by atoms with van der Waals surface area (Å²) in [6, 6.07) is 3.67. The summed E-state index contributed by atoms with van der Waals surface area (Å²) < 4.78 is 33.1. The zero-order valence-electron chi connectivity index (χ0n) is 13.6. The van der Waals surface area contributed by atoms with Crippen LogP contribution in [0.25, 0.3) is 0 Å². The molecule has 0 radical (unpaired) electrons. The molecule has 2 aliphatic heterocycles.